The standard InChI is InChI=1S/C19H17ClFN3O2/c1-11-12(2)24-18-16(9-14(21)10-17(18)23-11)19(25)22-6-7-26-15-5-3-4-13(20)8-15/h3-5,8-10H,6-7H2,1-2H3,(H,22,25). The molecule has 26 heavy (non-hydrogen) atoms. The molecule has 0 atom stereocenters. The van der Waals surface area contributed by atoms with Gasteiger partial charge < -0.3 is 10.1 Å². The first kappa shape index (κ1) is 18.1. The van der Waals surface area contributed by atoms with Crippen molar-refractivity contribution in [1.82, 2.24) is 15.3 Å². The van der Waals surface area contributed by atoms with E-state index in [1.165, 1.54) is 12.1 Å². The van der Waals surface area contributed by atoms with E-state index in [-0.39, 0.29) is 18.7 Å². The van der Waals surface area contributed by atoms with E-state index in [4.69, 9.17) is 16.3 Å². The van der Waals surface area contributed by atoms with Gasteiger partial charge in [-0.3, -0.25) is 4.79 Å². The Morgan fingerprint density at radius 1 is 1.19 bits per heavy atom. The fourth-order valence-corrected chi connectivity index (χ4v) is 2.64. The summed E-state index contributed by atoms with van der Waals surface area (Å²) in [4.78, 5) is 21.1. The van der Waals surface area contributed by atoms with Crippen LogP contribution >= 0.6 is 11.6 Å². The highest BCUT2D eigenvalue weighted by atomic mass is 35.5. The van der Waals surface area contributed by atoms with E-state index >= 15 is 0 Å². The number of benzene rings is 2. The maximum atomic E-state index is 13.9. The molecule has 0 saturated carbocycles. The summed E-state index contributed by atoms with van der Waals surface area (Å²) in [7, 11) is 0. The molecule has 0 unspecified atom stereocenters. The lowest BCUT2D eigenvalue weighted by Crippen LogP contribution is -2.28. The molecular weight excluding hydrogens is 357 g/mol. The first-order chi connectivity index (χ1) is 12.4. The maximum Gasteiger partial charge on any atom is 0.253 e. The molecule has 1 heterocycles. The Hall–Kier alpha value is -2.73. The number of hydrogen-bond donors (Lipinski definition) is 1. The van der Waals surface area contributed by atoms with Gasteiger partial charge >= 0.3 is 0 Å². The summed E-state index contributed by atoms with van der Waals surface area (Å²) in [6.45, 7) is 4.09. The Morgan fingerprint density at radius 2 is 1.96 bits per heavy atom. The number of ether oxygens (including phenoxy) is 1. The van der Waals surface area contributed by atoms with Crippen LogP contribution in [0.2, 0.25) is 5.02 Å². The molecule has 1 amide bonds. The van der Waals surface area contributed by atoms with Crippen molar-refractivity contribution in [2.75, 3.05) is 13.2 Å². The number of carbonyl (C=O) groups is 1. The molecule has 0 fully saturated rings. The fourth-order valence-electron chi connectivity index (χ4n) is 2.46. The van der Waals surface area contributed by atoms with Gasteiger partial charge in [0.1, 0.15) is 23.7 Å². The van der Waals surface area contributed by atoms with E-state index in [0.29, 0.717) is 33.2 Å². The SMILES string of the molecule is Cc1nc2cc(F)cc(C(=O)NCCOc3cccc(Cl)c3)c2nc1C. The smallest absolute Gasteiger partial charge is 0.253 e. The van der Waals surface area contributed by atoms with Crippen LogP contribution in [0, 0.1) is 19.7 Å². The highest BCUT2D eigenvalue weighted by Gasteiger charge is 2.15. The van der Waals surface area contributed by atoms with E-state index in [0.717, 1.165) is 0 Å². The number of amides is 1. The molecule has 0 aliphatic carbocycles. The van der Waals surface area contributed by atoms with Crippen molar-refractivity contribution < 1.29 is 13.9 Å². The number of nitrogens with one attached hydrogen (secondary N) is 1. The van der Waals surface area contributed by atoms with E-state index in [1.54, 1.807) is 38.1 Å². The highest BCUT2D eigenvalue weighted by Crippen LogP contribution is 2.19. The van der Waals surface area contributed by atoms with Crippen molar-refractivity contribution in [1.29, 1.82) is 0 Å². The second kappa shape index (κ2) is 7.66. The first-order valence-corrected chi connectivity index (χ1v) is 8.43. The predicted octanol–water partition coefficient (Wildman–Crippen LogP) is 3.85. The number of rotatable bonds is 5. The van der Waals surface area contributed by atoms with Crippen molar-refractivity contribution in [3.63, 3.8) is 0 Å². The molecular formula is C19H17ClFN3O2. The number of carbonyl (C=O) groups excluding carboxylic acids is 1. The van der Waals surface area contributed by atoms with Crippen LogP contribution in [0.25, 0.3) is 11.0 Å². The van der Waals surface area contributed by atoms with Gasteiger partial charge in [0.05, 0.1) is 29.0 Å². The molecule has 0 aliphatic heterocycles. The Morgan fingerprint density at radius 3 is 2.73 bits per heavy atom. The van der Waals surface area contributed by atoms with Gasteiger partial charge in [-0.2, -0.15) is 0 Å². The second-order valence-electron chi connectivity index (χ2n) is 5.78. The molecule has 0 radical (unpaired) electrons. The third-order valence-electron chi connectivity index (χ3n) is 3.84. The highest BCUT2D eigenvalue weighted by molar-refractivity contribution is 6.30. The van der Waals surface area contributed by atoms with E-state index in [1.807, 2.05) is 0 Å². The van der Waals surface area contributed by atoms with Gasteiger partial charge in [-0.15, -0.1) is 0 Å². The van der Waals surface area contributed by atoms with Crippen molar-refractivity contribution in [3.05, 3.63) is 64.2 Å². The lowest BCUT2D eigenvalue weighted by molar-refractivity contribution is 0.0948. The summed E-state index contributed by atoms with van der Waals surface area (Å²) < 4.78 is 19.4. The third-order valence-corrected chi connectivity index (χ3v) is 4.08. The zero-order chi connectivity index (χ0) is 18.7. The number of hydrogen-bond acceptors (Lipinski definition) is 4. The average molecular weight is 374 g/mol. The van der Waals surface area contributed by atoms with Gasteiger partial charge in [-0.25, -0.2) is 14.4 Å². The molecule has 134 valence electrons. The van der Waals surface area contributed by atoms with Gasteiger partial charge in [0.15, 0.2) is 0 Å². The normalized spacial score (nSPS) is 10.8. The van der Waals surface area contributed by atoms with Gasteiger partial charge in [0, 0.05) is 11.1 Å². The minimum Gasteiger partial charge on any atom is -0.492 e. The quantitative estimate of drug-likeness (QED) is 0.690. The van der Waals surface area contributed by atoms with Crippen LogP contribution in [-0.2, 0) is 0 Å². The largest absolute Gasteiger partial charge is 0.492 e. The van der Waals surface area contributed by atoms with Crippen LogP contribution in [0.1, 0.15) is 21.7 Å². The van der Waals surface area contributed by atoms with E-state index in [9.17, 15) is 9.18 Å². The number of halogens is 2. The summed E-state index contributed by atoms with van der Waals surface area (Å²) in [5.74, 6) is -0.350. The summed E-state index contributed by atoms with van der Waals surface area (Å²) in [5, 5.41) is 3.28. The van der Waals surface area contributed by atoms with Gasteiger partial charge in [-0.1, -0.05) is 17.7 Å². The summed E-state index contributed by atoms with van der Waals surface area (Å²) >= 11 is 5.88. The van der Waals surface area contributed by atoms with Crippen molar-refractivity contribution in [2.24, 2.45) is 0 Å². The average Bonchev–Trinajstić information content (AvgIpc) is 2.59. The number of fused-ring (bicyclic) bond motifs is 1. The number of aromatic nitrogens is 2. The van der Waals surface area contributed by atoms with Gasteiger partial charge in [-0.05, 0) is 38.1 Å². The maximum absolute atomic E-state index is 13.9. The fraction of sp³-hybridized carbons (Fsp3) is 0.211. The van der Waals surface area contributed by atoms with Crippen LogP contribution in [0.3, 0.4) is 0 Å². The first-order valence-electron chi connectivity index (χ1n) is 8.05. The molecule has 2 aromatic carbocycles. The lowest BCUT2D eigenvalue weighted by atomic mass is 10.1. The predicted molar refractivity (Wildman–Crippen MR) is 98.3 cm³/mol. The molecule has 3 aromatic rings. The van der Waals surface area contributed by atoms with Gasteiger partial charge in [0.25, 0.3) is 5.91 Å². The van der Waals surface area contributed by atoms with Crippen LogP contribution in [-0.4, -0.2) is 29.0 Å². The van der Waals surface area contributed by atoms with Crippen LogP contribution < -0.4 is 10.1 Å². The molecule has 3 rings (SSSR count). The van der Waals surface area contributed by atoms with Gasteiger partial charge in [0.2, 0.25) is 0 Å². The lowest BCUT2D eigenvalue weighted by Gasteiger charge is -2.10. The molecule has 0 bridgehead atoms. The van der Waals surface area contributed by atoms with Crippen LogP contribution in [0.15, 0.2) is 36.4 Å². The van der Waals surface area contributed by atoms with Crippen LogP contribution in [0.4, 0.5) is 4.39 Å². The monoisotopic (exact) mass is 373 g/mol. The molecule has 0 spiro atoms. The Labute approximate surface area is 155 Å². The summed E-state index contributed by atoms with van der Waals surface area (Å²) in [6, 6.07) is 9.42. The molecule has 0 saturated heterocycles. The Balaban J connectivity index is 1.70. The zero-order valence-electron chi connectivity index (χ0n) is 14.3. The molecule has 5 nitrogen and oxygen atoms in total. The molecule has 7 heteroatoms. The molecule has 1 aromatic heterocycles. The van der Waals surface area contributed by atoms with E-state index in [2.05, 4.69) is 15.3 Å². The minimum atomic E-state index is -0.532. The number of nitrogens with zero attached hydrogens (tertiary/aromatic N) is 2. The van der Waals surface area contributed by atoms with Crippen molar-refractivity contribution in [3.8, 4) is 5.75 Å². The van der Waals surface area contributed by atoms with Crippen molar-refractivity contribution >= 4 is 28.5 Å². The summed E-state index contributed by atoms with van der Waals surface area (Å²) in [6.07, 6.45) is 0. The summed E-state index contributed by atoms with van der Waals surface area (Å²) in [5.41, 5.74) is 2.28. The van der Waals surface area contributed by atoms with E-state index < -0.39 is 11.7 Å². The minimum absolute atomic E-state index is 0.151. The van der Waals surface area contributed by atoms with Crippen molar-refractivity contribution in [2.45, 2.75) is 13.8 Å². The third kappa shape index (κ3) is 4.08. The second-order valence-corrected chi connectivity index (χ2v) is 6.21. The Bertz CT molecular complexity index is 978. The molecule has 1 N–H and O–H groups in total. The molecule has 0 aliphatic rings. The Kier molecular flexibility index (Phi) is 5.32. The number of aryl methyl sites for hydroxylation is 2. The topological polar surface area (TPSA) is 64.1 Å². The van der Waals surface area contributed by atoms with Crippen LogP contribution in [0.5, 0.6) is 5.75 Å². The zero-order valence-corrected chi connectivity index (χ0v) is 15.1.